The first-order valence-electron chi connectivity index (χ1n) is 6.75. The van der Waals surface area contributed by atoms with Gasteiger partial charge in [-0.1, -0.05) is 53.1 Å². The normalized spacial score (nSPS) is 32.4. The Hall–Kier alpha value is 0.394. The SMILES string of the molecule is CCC(C)CN1[SiH2]CCC[Si]1(C)C(C)C. The van der Waals surface area contributed by atoms with E-state index in [1.807, 2.05) is 0 Å². The highest BCUT2D eigenvalue weighted by molar-refractivity contribution is 6.83. The van der Waals surface area contributed by atoms with Crippen molar-refractivity contribution >= 4 is 17.9 Å². The predicted octanol–water partition coefficient (Wildman–Crippen LogP) is 3.23. The van der Waals surface area contributed by atoms with E-state index >= 15 is 0 Å². The lowest BCUT2D eigenvalue weighted by atomic mass is 10.1. The third-order valence-electron chi connectivity index (χ3n) is 4.56. The zero-order chi connectivity index (χ0) is 11.5. The van der Waals surface area contributed by atoms with Crippen LogP contribution in [-0.2, 0) is 0 Å². The topological polar surface area (TPSA) is 3.24 Å². The Morgan fingerprint density at radius 3 is 2.53 bits per heavy atom. The van der Waals surface area contributed by atoms with Crippen molar-refractivity contribution < 1.29 is 0 Å². The molecule has 2 atom stereocenters. The van der Waals surface area contributed by atoms with Gasteiger partial charge in [0.1, 0.15) is 8.24 Å². The van der Waals surface area contributed by atoms with Crippen molar-refractivity contribution in [3.63, 3.8) is 0 Å². The first kappa shape index (κ1) is 13.5. The van der Waals surface area contributed by atoms with Crippen molar-refractivity contribution in [2.45, 2.75) is 64.7 Å². The van der Waals surface area contributed by atoms with Crippen LogP contribution in [-0.4, -0.2) is 28.7 Å². The predicted molar refractivity (Wildman–Crippen MR) is 75.7 cm³/mol. The molecule has 0 spiro atoms. The first-order valence-corrected chi connectivity index (χ1v) is 11.1. The minimum atomic E-state index is -1.03. The van der Waals surface area contributed by atoms with Gasteiger partial charge in [0.25, 0.3) is 0 Å². The Kier molecular flexibility index (Phi) is 5.06. The molecule has 1 nitrogen and oxygen atoms in total. The van der Waals surface area contributed by atoms with E-state index in [2.05, 4.69) is 38.5 Å². The van der Waals surface area contributed by atoms with Crippen LogP contribution < -0.4 is 0 Å². The first-order chi connectivity index (χ1) is 7.00. The van der Waals surface area contributed by atoms with E-state index in [1.165, 1.54) is 13.0 Å². The van der Waals surface area contributed by atoms with Crippen molar-refractivity contribution in [3.8, 4) is 0 Å². The van der Waals surface area contributed by atoms with Crippen molar-refractivity contribution in [1.82, 2.24) is 4.23 Å². The van der Waals surface area contributed by atoms with Crippen LogP contribution in [0.5, 0.6) is 0 Å². The molecule has 90 valence electrons. The average Bonchev–Trinajstić information content (AvgIpc) is 2.21. The van der Waals surface area contributed by atoms with Gasteiger partial charge in [-0.05, 0) is 24.0 Å². The molecule has 1 aliphatic heterocycles. The van der Waals surface area contributed by atoms with Crippen LogP contribution in [0.1, 0.15) is 40.5 Å². The second-order valence-corrected chi connectivity index (χ2v) is 13.5. The van der Waals surface area contributed by atoms with Crippen LogP contribution in [0.2, 0.25) is 24.2 Å². The Morgan fingerprint density at radius 2 is 2.00 bits per heavy atom. The minimum absolute atomic E-state index is 0.118. The largest absolute Gasteiger partial charge is 0.350 e. The molecule has 1 rings (SSSR count). The van der Waals surface area contributed by atoms with Crippen molar-refractivity contribution in [1.29, 1.82) is 0 Å². The molecule has 1 saturated heterocycles. The summed E-state index contributed by atoms with van der Waals surface area (Å²) in [6.07, 6.45) is 2.90. The molecule has 0 aromatic heterocycles. The maximum Gasteiger partial charge on any atom is 0.120 e. The van der Waals surface area contributed by atoms with Gasteiger partial charge < -0.3 is 4.23 Å². The standard InChI is InChI=1S/C12H29NSi2/c1-6-12(4)10-13-14-8-7-9-15(13,5)11(2)3/h11-12H,6-10,14H2,1-5H3. The van der Waals surface area contributed by atoms with Gasteiger partial charge in [0.2, 0.25) is 0 Å². The van der Waals surface area contributed by atoms with E-state index in [0.717, 1.165) is 11.5 Å². The van der Waals surface area contributed by atoms with Gasteiger partial charge in [-0.25, -0.2) is 0 Å². The highest BCUT2D eigenvalue weighted by Crippen LogP contribution is 2.34. The summed E-state index contributed by atoms with van der Waals surface area (Å²) >= 11 is 0. The lowest BCUT2D eigenvalue weighted by Gasteiger charge is -2.47. The van der Waals surface area contributed by atoms with Gasteiger partial charge in [0, 0.05) is 0 Å². The van der Waals surface area contributed by atoms with E-state index in [0.29, 0.717) is 0 Å². The highest BCUT2D eigenvalue weighted by Gasteiger charge is 2.39. The monoisotopic (exact) mass is 243 g/mol. The van der Waals surface area contributed by atoms with Crippen molar-refractivity contribution in [2.75, 3.05) is 6.54 Å². The minimum Gasteiger partial charge on any atom is -0.350 e. The van der Waals surface area contributed by atoms with Crippen LogP contribution in [0.4, 0.5) is 0 Å². The van der Waals surface area contributed by atoms with Crippen LogP contribution in [0, 0.1) is 5.92 Å². The molecule has 1 fully saturated rings. The Bertz CT molecular complexity index is 196. The Morgan fingerprint density at radius 1 is 1.33 bits per heavy atom. The molecule has 15 heavy (non-hydrogen) atoms. The lowest BCUT2D eigenvalue weighted by molar-refractivity contribution is 0.447. The fraction of sp³-hybridized carbons (Fsp3) is 1.00. The van der Waals surface area contributed by atoms with Crippen LogP contribution in [0.25, 0.3) is 0 Å². The molecule has 0 amide bonds. The zero-order valence-corrected chi connectivity index (χ0v) is 13.8. The number of nitrogens with zero attached hydrogens (tertiary/aromatic N) is 1. The molecular weight excluding hydrogens is 214 g/mol. The van der Waals surface area contributed by atoms with Gasteiger partial charge in [-0.3, -0.25) is 0 Å². The van der Waals surface area contributed by atoms with Gasteiger partial charge in [-0.15, -0.1) is 0 Å². The summed E-state index contributed by atoms with van der Waals surface area (Å²) < 4.78 is 3.04. The van der Waals surface area contributed by atoms with E-state index in [-0.39, 0.29) is 9.68 Å². The summed E-state index contributed by atoms with van der Waals surface area (Å²) in [7, 11) is -0.909. The third-order valence-corrected chi connectivity index (χ3v) is 14.5. The summed E-state index contributed by atoms with van der Waals surface area (Å²) in [5.41, 5.74) is 0.953. The van der Waals surface area contributed by atoms with Gasteiger partial charge in [0.15, 0.2) is 0 Å². The third kappa shape index (κ3) is 3.17. The van der Waals surface area contributed by atoms with Crippen molar-refractivity contribution in [2.24, 2.45) is 5.92 Å². The maximum absolute atomic E-state index is 3.04. The smallest absolute Gasteiger partial charge is 0.120 e. The van der Waals surface area contributed by atoms with E-state index in [1.54, 1.807) is 18.5 Å². The van der Waals surface area contributed by atoms with Gasteiger partial charge in [-0.2, -0.15) is 0 Å². The molecule has 0 aliphatic carbocycles. The van der Waals surface area contributed by atoms with Gasteiger partial charge >= 0.3 is 0 Å². The summed E-state index contributed by atoms with van der Waals surface area (Å²) in [6, 6.07) is 3.14. The van der Waals surface area contributed by atoms with Crippen molar-refractivity contribution in [3.05, 3.63) is 0 Å². The van der Waals surface area contributed by atoms with Crippen LogP contribution in [0.3, 0.4) is 0 Å². The molecule has 3 heteroatoms. The summed E-state index contributed by atoms with van der Waals surface area (Å²) in [6.45, 7) is 13.8. The zero-order valence-electron chi connectivity index (χ0n) is 11.3. The van der Waals surface area contributed by atoms with E-state index in [4.69, 9.17) is 0 Å². The maximum atomic E-state index is 3.04. The fourth-order valence-electron chi connectivity index (χ4n) is 2.66. The molecule has 0 saturated carbocycles. The quantitative estimate of drug-likeness (QED) is 0.685. The fourth-order valence-corrected chi connectivity index (χ4v) is 12.0. The van der Waals surface area contributed by atoms with E-state index in [9.17, 15) is 0 Å². The number of hydrogen-bond acceptors (Lipinski definition) is 1. The van der Waals surface area contributed by atoms with E-state index < -0.39 is 8.24 Å². The second-order valence-electron chi connectivity index (χ2n) is 5.93. The summed E-state index contributed by atoms with van der Waals surface area (Å²) in [5.74, 6) is 0.918. The molecule has 0 bridgehead atoms. The molecular formula is C12H29NSi2. The Labute approximate surface area is 99.6 Å². The average molecular weight is 244 g/mol. The Balaban J connectivity index is 2.65. The molecule has 0 N–H and O–H groups in total. The van der Waals surface area contributed by atoms with Crippen LogP contribution in [0.15, 0.2) is 0 Å². The summed E-state index contributed by atoms with van der Waals surface area (Å²) in [4.78, 5) is 0. The van der Waals surface area contributed by atoms with Crippen LogP contribution >= 0.6 is 0 Å². The molecule has 0 aromatic rings. The number of rotatable bonds is 4. The number of hydrogen-bond donors (Lipinski definition) is 0. The lowest BCUT2D eigenvalue weighted by Crippen LogP contribution is -2.58. The van der Waals surface area contributed by atoms with Gasteiger partial charge in [0.05, 0.1) is 9.68 Å². The molecule has 1 heterocycles. The summed E-state index contributed by atoms with van der Waals surface area (Å²) in [5, 5.41) is 0. The molecule has 0 radical (unpaired) electrons. The second kappa shape index (κ2) is 5.64. The molecule has 2 unspecified atom stereocenters. The molecule has 0 aromatic carbocycles. The highest BCUT2D eigenvalue weighted by atomic mass is 28.4. The molecule has 1 aliphatic rings.